The van der Waals surface area contributed by atoms with E-state index in [9.17, 15) is 4.79 Å². The predicted molar refractivity (Wildman–Crippen MR) is 77.1 cm³/mol. The normalized spacial score (nSPS) is 14.2. The van der Waals surface area contributed by atoms with Crippen molar-refractivity contribution in [3.63, 3.8) is 0 Å². The van der Waals surface area contributed by atoms with Crippen molar-refractivity contribution in [3.8, 4) is 0 Å². The highest BCUT2D eigenvalue weighted by Crippen LogP contribution is 2.35. The summed E-state index contributed by atoms with van der Waals surface area (Å²) in [7, 11) is 3.58. The molecule has 1 aliphatic heterocycles. The van der Waals surface area contributed by atoms with Crippen LogP contribution in [0.3, 0.4) is 0 Å². The van der Waals surface area contributed by atoms with Gasteiger partial charge in [0.2, 0.25) is 5.91 Å². The fourth-order valence-electron chi connectivity index (χ4n) is 1.98. The van der Waals surface area contributed by atoms with Crippen LogP contribution in [0.15, 0.2) is 23.1 Å². The summed E-state index contributed by atoms with van der Waals surface area (Å²) < 4.78 is 0. The lowest BCUT2D eigenvalue weighted by molar-refractivity contribution is -0.128. The Bertz CT molecular complexity index is 448. The molecule has 0 spiro atoms. The molecule has 0 saturated heterocycles. The van der Waals surface area contributed by atoms with Gasteiger partial charge in [0.05, 0.1) is 5.69 Å². The number of fused-ring (bicyclic) bond motifs is 1. The largest absolute Gasteiger partial charge is 0.399 e. The van der Waals surface area contributed by atoms with Crippen LogP contribution < -0.4 is 10.6 Å². The van der Waals surface area contributed by atoms with Crippen LogP contribution in [0, 0.1) is 0 Å². The maximum atomic E-state index is 11.6. The van der Waals surface area contributed by atoms with Crippen LogP contribution in [0.2, 0.25) is 0 Å². The Morgan fingerprint density at radius 2 is 2.28 bits per heavy atom. The lowest BCUT2D eigenvalue weighted by atomic mass is 10.2. The van der Waals surface area contributed by atoms with Gasteiger partial charge in [-0.25, -0.2) is 0 Å². The second-order valence-electron chi connectivity index (χ2n) is 4.60. The fraction of sp³-hybridized carbons (Fsp3) is 0.462. The fourth-order valence-corrected chi connectivity index (χ4v) is 3.01. The van der Waals surface area contributed by atoms with E-state index in [2.05, 4.69) is 11.0 Å². The zero-order chi connectivity index (χ0) is 13.1. The molecule has 18 heavy (non-hydrogen) atoms. The van der Waals surface area contributed by atoms with Crippen molar-refractivity contribution in [3.05, 3.63) is 18.2 Å². The van der Waals surface area contributed by atoms with Crippen molar-refractivity contribution in [2.45, 2.75) is 11.3 Å². The molecule has 0 aromatic heterocycles. The van der Waals surface area contributed by atoms with Gasteiger partial charge in [-0.05, 0) is 18.2 Å². The Hall–Kier alpha value is -1.36. The molecule has 1 aromatic rings. The zero-order valence-corrected chi connectivity index (χ0v) is 11.7. The van der Waals surface area contributed by atoms with Crippen LogP contribution in [0.5, 0.6) is 0 Å². The molecular formula is C13H19N3OS. The quantitative estimate of drug-likeness (QED) is 0.845. The molecule has 0 bridgehead atoms. The number of carbonyl (C=O) groups excluding carboxylic acids is 1. The second kappa shape index (κ2) is 5.52. The molecule has 0 radical (unpaired) electrons. The van der Waals surface area contributed by atoms with E-state index >= 15 is 0 Å². The average Bonchev–Trinajstić information content (AvgIpc) is 2.35. The van der Waals surface area contributed by atoms with Crippen molar-refractivity contribution in [2.75, 3.05) is 43.6 Å². The van der Waals surface area contributed by atoms with Gasteiger partial charge in [-0.3, -0.25) is 4.79 Å². The topological polar surface area (TPSA) is 49.6 Å². The Balaban J connectivity index is 2.08. The van der Waals surface area contributed by atoms with Crippen LogP contribution in [-0.2, 0) is 4.79 Å². The minimum Gasteiger partial charge on any atom is -0.399 e. The molecule has 2 rings (SSSR count). The van der Waals surface area contributed by atoms with Crippen molar-refractivity contribution >= 4 is 29.0 Å². The minimum atomic E-state index is 0.165. The number of carbonyl (C=O) groups is 1. The lowest BCUT2D eigenvalue weighted by Gasteiger charge is -2.31. The van der Waals surface area contributed by atoms with Crippen molar-refractivity contribution in [1.29, 1.82) is 0 Å². The molecule has 1 amide bonds. The summed E-state index contributed by atoms with van der Waals surface area (Å²) in [5, 5.41) is 0. The molecule has 0 fully saturated rings. The monoisotopic (exact) mass is 265 g/mol. The van der Waals surface area contributed by atoms with Gasteiger partial charge in [-0.15, -0.1) is 11.8 Å². The molecule has 1 aliphatic rings. The van der Waals surface area contributed by atoms with E-state index in [-0.39, 0.29) is 5.91 Å². The summed E-state index contributed by atoms with van der Waals surface area (Å²) in [4.78, 5) is 16.8. The first-order chi connectivity index (χ1) is 8.58. The van der Waals surface area contributed by atoms with Gasteiger partial charge in [0, 0.05) is 49.9 Å². The summed E-state index contributed by atoms with van der Waals surface area (Å²) >= 11 is 1.85. The van der Waals surface area contributed by atoms with Crippen LogP contribution >= 0.6 is 11.8 Å². The number of benzene rings is 1. The van der Waals surface area contributed by atoms with E-state index in [0.717, 1.165) is 30.2 Å². The zero-order valence-electron chi connectivity index (χ0n) is 10.8. The maximum absolute atomic E-state index is 11.6. The molecule has 0 saturated carbocycles. The Kier molecular flexibility index (Phi) is 4.01. The van der Waals surface area contributed by atoms with E-state index < -0.39 is 0 Å². The molecule has 0 aliphatic carbocycles. The van der Waals surface area contributed by atoms with Gasteiger partial charge in [0.1, 0.15) is 0 Å². The second-order valence-corrected chi connectivity index (χ2v) is 5.74. The molecule has 0 unspecified atom stereocenters. The van der Waals surface area contributed by atoms with Crippen molar-refractivity contribution < 1.29 is 4.79 Å². The Morgan fingerprint density at radius 1 is 1.50 bits per heavy atom. The SMILES string of the molecule is CN(C)C(=O)CCN1CCSc2ccc(N)cc21. The first-order valence-corrected chi connectivity index (χ1v) is 7.04. The third kappa shape index (κ3) is 2.90. The number of thioether (sulfide) groups is 1. The molecule has 0 atom stereocenters. The number of hydrogen-bond acceptors (Lipinski definition) is 4. The van der Waals surface area contributed by atoms with Gasteiger partial charge in [0.25, 0.3) is 0 Å². The minimum absolute atomic E-state index is 0.165. The highest BCUT2D eigenvalue weighted by atomic mass is 32.2. The Labute approximate surface area is 112 Å². The first-order valence-electron chi connectivity index (χ1n) is 6.05. The van der Waals surface area contributed by atoms with Gasteiger partial charge in [-0.1, -0.05) is 0 Å². The molecule has 2 N–H and O–H groups in total. The standard InChI is InChI=1S/C13H19N3OS/c1-15(2)13(17)5-6-16-7-8-18-12-4-3-10(14)9-11(12)16/h3-4,9H,5-8,14H2,1-2H3. The molecule has 1 aromatic carbocycles. The summed E-state index contributed by atoms with van der Waals surface area (Å²) in [5.74, 6) is 1.23. The van der Waals surface area contributed by atoms with Gasteiger partial charge < -0.3 is 15.5 Å². The van der Waals surface area contributed by atoms with E-state index in [1.54, 1.807) is 19.0 Å². The summed E-state index contributed by atoms with van der Waals surface area (Å²) in [6, 6.07) is 6.00. The Morgan fingerprint density at radius 3 is 3.00 bits per heavy atom. The van der Waals surface area contributed by atoms with Crippen molar-refractivity contribution in [2.24, 2.45) is 0 Å². The van der Waals surface area contributed by atoms with Crippen LogP contribution in [-0.4, -0.2) is 43.7 Å². The van der Waals surface area contributed by atoms with E-state index in [0.29, 0.717) is 6.42 Å². The third-order valence-corrected chi connectivity index (χ3v) is 4.08. The number of anilines is 2. The van der Waals surface area contributed by atoms with Crippen LogP contribution in [0.1, 0.15) is 6.42 Å². The predicted octanol–water partition coefficient (Wildman–Crippen LogP) is 1.66. The lowest BCUT2D eigenvalue weighted by Crippen LogP contribution is -2.33. The molecule has 98 valence electrons. The van der Waals surface area contributed by atoms with E-state index in [4.69, 9.17) is 5.73 Å². The number of nitrogens with two attached hydrogens (primary N) is 1. The first kappa shape index (κ1) is 13.1. The van der Waals surface area contributed by atoms with Gasteiger partial charge >= 0.3 is 0 Å². The van der Waals surface area contributed by atoms with Crippen LogP contribution in [0.25, 0.3) is 0 Å². The summed E-state index contributed by atoms with van der Waals surface area (Å²) in [5.41, 5.74) is 7.78. The maximum Gasteiger partial charge on any atom is 0.223 e. The number of hydrogen-bond donors (Lipinski definition) is 1. The number of amides is 1. The number of rotatable bonds is 3. The number of nitrogens with zero attached hydrogens (tertiary/aromatic N) is 2. The molecular weight excluding hydrogens is 246 g/mol. The number of nitrogen functional groups attached to an aromatic ring is 1. The third-order valence-electron chi connectivity index (χ3n) is 3.04. The molecule has 4 nitrogen and oxygen atoms in total. The average molecular weight is 265 g/mol. The van der Waals surface area contributed by atoms with Gasteiger partial charge in [-0.2, -0.15) is 0 Å². The van der Waals surface area contributed by atoms with Crippen LogP contribution in [0.4, 0.5) is 11.4 Å². The summed E-state index contributed by atoms with van der Waals surface area (Å²) in [6.45, 7) is 1.73. The highest BCUT2D eigenvalue weighted by molar-refractivity contribution is 7.99. The highest BCUT2D eigenvalue weighted by Gasteiger charge is 2.18. The van der Waals surface area contributed by atoms with Crippen molar-refractivity contribution in [1.82, 2.24) is 4.90 Å². The van der Waals surface area contributed by atoms with E-state index in [1.807, 2.05) is 23.9 Å². The summed E-state index contributed by atoms with van der Waals surface area (Å²) in [6.07, 6.45) is 0.548. The smallest absolute Gasteiger partial charge is 0.223 e. The van der Waals surface area contributed by atoms with Gasteiger partial charge in [0.15, 0.2) is 0 Å². The van der Waals surface area contributed by atoms with E-state index in [1.165, 1.54) is 4.90 Å². The molecule has 1 heterocycles. The molecule has 5 heteroatoms.